The zero-order valence-corrected chi connectivity index (χ0v) is 13.0. The number of benzene rings is 2. The molecule has 0 bridgehead atoms. The van der Waals surface area contributed by atoms with Crippen molar-refractivity contribution in [2.24, 2.45) is 0 Å². The highest BCUT2D eigenvalue weighted by Crippen LogP contribution is 2.24. The van der Waals surface area contributed by atoms with E-state index in [2.05, 4.69) is 21.2 Å². The van der Waals surface area contributed by atoms with Crippen molar-refractivity contribution in [2.45, 2.75) is 13.5 Å². The first-order valence-electron chi connectivity index (χ1n) is 6.09. The van der Waals surface area contributed by atoms with Gasteiger partial charge >= 0.3 is 0 Å². The van der Waals surface area contributed by atoms with Crippen LogP contribution in [0.4, 0.5) is 5.69 Å². The fourth-order valence-electron chi connectivity index (χ4n) is 1.72. The van der Waals surface area contributed by atoms with E-state index in [0.717, 1.165) is 33.0 Å². The average Bonchev–Trinajstić information content (AvgIpc) is 2.41. The lowest BCUT2D eigenvalue weighted by molar-refractivity contribution is 0.340. The first kappa shape index (κ1) is 14.2. The predicted octanol–water partition coefficient (Wildman–Crippen LogP) is 5.11. The highest BCUT2D eigenvalue weighted by atomic mass is 79.9. The molecule has 0 saturated heterocycles. The molecule has 0 saturated carbocycles. The number of ether oxygens (including phenoxy) is 1. The van der Waals surface area contributed by atoms with Gasteiger partial charge in [0.25, 0.3) is 0 Å². The van der Waals surface area contributed by atoms with Crippen molar-refractivity contribution in [3.05, 3.63) is 57.5 Å². The van der Waals surface area contributed by atoms with Crippen molar-refractivity contribution in [3.8, 4) is 5.75 Å². The maximum atomic E-state index is 6.07. The minimum atomic E-state index is 0.672. The maximum absolute atomic E-state index is 6.07. The van der Waals surface area contributed by atoms with Crippen LogP contribution in [0.15, 0.2) is 46.9 Å². The smallest absolute Gasteiger partial charge is 0.121 e. The molecular formula is C15H15BrClNO. The minimum absolute atomic E-state index is 0.672. The van der Waals surface area contributed by atoms with Gasteiger partial charge in [-0.25, -0.2) is 0 Å². The zero-order valence-electron chi connectivity index (χ0n) is 10.6. The fraction of sp³-hybridized carbons (Fsp3) is 0.200. The number of nitrogens with one attached hydrogen (secondary N) is 1. The van der Waals surface area contributed by atoms with Gasteiger partial charge in [-0.1, -0.05) is 23.7 Å². The average molecular weight is 341 g/mol. The predicted molar refractivity (Wildman–Crippen MR) is 84.1 cm³/mol. The Morgan fingerprint density at radius 2 is 2.05 bits per heavy atom. The van der Waals surface area contributed by atoms with Crippen LogP contribution in [0.1, 0.15) is 12.5 Å². The summed E-state index contributed by atoms with van der Waals surface area (Å²) in [5.41, 5.74) is 2.17. The van der Waals surface area contributed by atoms with E-state index in [9.17, 15) is 0 Å². The van der Waals surface area contributed by atoms with Crippen LogP contribution in [-0.4, -0.2) is 6.61 Å². The van der Waals surface area contributed by atoms with Gasteiger partial charge in [-0.3, -0.25) is 0 Å². The highest BCUT2D eigenvalue weighted by molar-refractivity contribution is 9.10. The Morgan fingerprint density at radius 1 is 1.21 bits per heavy atom. The van der Waals surface area contributed by atoms with Gasteiger partial charge in [-0.05, 0) is 52.7 Å². The van der Waals surface area contributed by atoms with E-state index in [-0.39, 0.29) is 0 Å². The van der Waals surface area contributed by atoms with Crippen LogP contribution in [0.5, 0.6) is 5.75 Å². The second-order valence-corrected chi connectivity index (χ2v) is 5.32. The molecule has 0 unspecified atom stereocenters. The Balaban J connectivity index is 2.01. The van der Waals surface area contributed by atoms with Crippen molar-refractivity contribution >= 4 is 33.2 Å². The molecule has 2 aromatic carbocycles. The molecule has 0 aliphatic heterocycles. The number of halogens is 2. The second-order valence-electron chi connectivity index (χ2n) is 4.06. The standard InChI is InChI=1S/C15H15BrClNO/c1-2-19-13-5-3-4-12(9-13)18-10-11-6-7-14(16)15(17)8-11/h3-9,18H,2,10H2,1H3. The molecule has 19 heavy (non-hydrogen) atoms. The first-order valence-corrected chi connectivity index (χ1v) is 7.27. The summed E-state index contributed by atoms with van der Waals surface area (Å²) in [5.74, 6) is 0.876. The summed E-state index contributed by atoms with van der Waals surface area (Å²) in [5, 5.41) is 4.08. The van der Waals surface area contributed by atoms with Crippen molar-refractivity contribution < 1.29 is 4.74 Å². The Labute approximate surface area is 126 Å². The molecule has 2 nitrogen and oxygen atoms in total. The Kier molecular flexibility index (Phi) is 5.11. The van der Waals surface area contributed by atoms with Crippen LogP contribution >= 0.6 is 27.5 Å². The molecule has 4 heteroatoms. The molecule has 0 radical (unpaired) electrons. The summed E-state index contributed by atoms with van der Waals surface area (Å²) in [6.07, 6.45) is 0. The normalized spacial score (nSPS) is 10.3. The minimum Gasteiger partial charge on any atom is -0.494 e. The molecule has 2 rings (SSSR count). The van der Waals surface area contributed by atoms with Crippen molar-refractivity contribution in [1.82, 2.24) is 0 Å². The van der Waals surface area contributed by atoms with Crippen molar-refractivity contribution in [2.75, 3.05) is 11.9 Å². The topological polar surface area (TPSA) is 21.3 Å². The van der Waals surface area contributed by atoms with Crippen LogP contribution in [0.2, 0.25) is 5.02 Å². The number of hydrogen-bond donors (Lipinski definition) is 1. The van der Waals surface area contributed by atoms with E-state index in [1.165, 1.54) is 0 Å². The molecule has 0 atom stereocenters. The van der Waals surface area contributed by atoms with Gasteiger partial charge in [0.1, 0.15) is 5.75 Å². The Hall–Kier alpha value is -1.19. The molecule has 0 aliphatic rings. The van der Waals surface area contributed by atoms with Crippen molar-refractivity contribution in [3.63, 3.8) is 0 Å². The van der Waals surface area contributed by atoms with Crippen molar-refractivity contribution in [1.29, 1.82) is 0 Å². The summed E-state index contributed by atoms with van der Waals surface area (Å²) in [6.45, 7) is 3.37. The van der Waals surface area contributed by atoms with Gasteiger partial charge in [0.2, 0.25) is 0 Å². The third kappa shape index (κ3) is 4.15. The fourth-order valence-corrected chi connectivity index (χ4v) is 2.17. The number of anilines is 1. The SMILES string of the molecule is CCOc1cccc(NCc2ccc(Br)c(Cl)c2)c1. The molecule has 1 N–H and O–H groups in total. The van der Waals surface area contributed by atoms with Crippen LogP contribution in [0.25, 0.3) is 0 Å². The summed E-state index contributed by atoms with van der Waals surface area (Å²) in [4.78, 5) is 0. The van der Waals surface area contributed by atoms with E-state index in [0.29, 0.717) is 6.61 Å². The summed E-state index contributed by atoms with van der Waals surface area (Å²) in [7, 11) is 0. The number of hydrogen-bond acceptors (Lipinski definition) is 2. The lowest BCUT2D eigenvalue weighted by Gasteiger charge is -2.09. The first-order chi connectivity index (χ1) is 9.19. The quantitative estimate of drug-likeness (QED) is 0.816. The lowest BCUT2D eigenvalue weighted by atomic mass is 10.2. The van der Waals surface area contributed by atoms with Gasteiger partial charge in [0, 0.05) is 22.8 Å². The molecule has 0 heterocycles. The van der Waals surface area contributed by atoms with E-state index < -0.39 is 0 Å². The van der Waals surface area contributed by atoms with Gasteiger partial charge in [0.05, 0.1) is 11.6 Å². The summed E-state index contributed by atoms with van der Waals surface area (Å²) >= 11 is 9.45. The molecule has 0 fully saturated rings. The van der Waals surface area contributed by atoms with Gasteiger partial charge in [0.15, 0.2) is 0 Å². The van der Waals surface area contributed by atoms with Gasteiger partial charge < -0.3 is 10.1 Å². The molecule has 0 amide bonds. The van der Waals surface area contributed by atoms with Crippen LogP contribution in [-0.2, 0) is 6.54 Å². The highest BCUT2D eigenvalue weighted by Gasteiger charge is 2.00. The molecule has 0 aromatic heterocycles. The lowest BCUT2D eigenvalue weighted by Crippen LogP contribution is -2.00. The third-order valence-corrected chi connectivity index (χ3v) is 3.86. The largest absolute Gasteiger partial charge is 0.494 e. The van der Waals surface area contributed by atoms with Gasteiger partial charge in [-0.15, -0.1) is 0 Å². The second kappa shape index (κ2) is 6.83. The van der Waals surface area contributed by atoms with Crippen LogP contribution < -0.4 is 10.1 Å². The van der Waals surface area contributed by atoms with Crippen LogP contribution in [0.3, 0.4) is 0 Å². The third-order valence-electron chi connectivity index (χ3n) is 2.63. The molecule has 2 aromatic rings. The summed E-state index contributed by atoms with van der Waals surface area (Å²) in [6, 6.07) is 13.9. The van der Waals surface area contributed by atoms with Gasteiger partial charge in [-0.2, -0.15) is 0 Å². The van der Waals surface area contributed by atoms with E-state index in [4.69, 9.17) is 16.3 Å². The van der Waals surface area contributed by atoms with E-state index in [1.54, 1.807) is 0 Å². The Morgan fingerprint density at radius 3 is 2.79 bits per heavy atom. The van der Waals surface area contributed by atoms with Crippen LogP contribution in [0, 0.1) is 0 Å². The molecule has 100 valence electrons. The molecule has 0 aliphatic carbocycles. The van der Waals surface area contributed by atoms with E-state index >= 15 is 0 Å². The molecule has 0 spiro atoms. The molecular weight excluding hydrogens is 326 g/mol. The monoisotopic (exact) mass is 339 g/mol. The van der Waals surface area contributed by atoms with E-state index in [1.807, 2.05) is 49.4 Å². The zero-order chi connectivity index (χ0) is 13.7. The number of rotatable bonds is 5. The summed E-state index contributed by atoms with van der Waals surface area (Å²) < 4.78 is 6.38. The Bertz CT molecular complexity index is 560. The maximum Gasteiger partial charge on any atom is 0.121 e.